The van der Waals surface area contributed by atoms with Crippen LogP contribution < -0.4 is 5.32 Å². The molecule has 3 rings (SSSR count). The average molecular weight is 324 g/mol. The Morgan fingerprint density at radius 1 is 1.00 bits per heavy atom. The van der Waals surface area contributed by atoms with E-state index in [0.717, 1.165) is 16.8 Å². The molecular weight excluding hydrogens is 308 g/mol. The summed E-state index contributed by atoms with van der Waals surface area (Å²) in [6.07, 6.45) is 4.73. The first-order valence-corrected chi connectivity index (χ1v) is 7.38. The summed E-state index contributed by atoms with van der Waals surface area (Å²) in [6.45, 7) is 3.01. The van der Waals surface area contributed by atoms with Gasteiger partial charge in [0.05, 0.1) is 0 Å². The molecule has 2 aromatic rings. The lowest BCUT2D eigenvalue weighted by atomic mass is 10.1. The number of anilines is 1. The minimum Gasteiger partial charge on any atom is -0.419 e. The number of nitrogens with zero attached hydrogens (tertiary/aromatic N) is 1. The number of carbonyl (C=O) groups excluding carboxylic acids is 2. The Morgan fingerprint density at radius 3 is 2.33 bits per heavy atom. The molecule has 0 unspecified atom stereocenters. The third kappa shape index (κ3) is 3.43. The number of nitrogens with one attached hydrogen (secondary N) is 1. The maximum absolute atomic E-state index is 11.9. The SMILES string of the molecule is CC1(C)OC(=O)C(=CNc2cccc(-c3ccncc3)c2)C(=O)O1. The molecule has 2 heterocycles. The number of carbonyl (C=O) groups is 2. The third-order valence-corrected chi connectivity index (χ3v) is 3.38. The molecule has 1 aliphatic heterocycles. The maximum atomic E-state index is 11.9. The zero-order valence-electron chi connectivity index (χ0n) is 13.3. The number of hydrogen-bond donors (Lipinski definition) is 1. The van der Waals surface area contributed by atoms with E-state index in [1.807, 2.05) is 36.4 Å². The fourth-order valence-corrected chi connectivity index (χ4v) is 2.27. The van der Waals surface area contributed by atoms with Crippen molar-refractivity contribution in [1.29, 1.82) is 0 Å². The van der Waals surface area contributed by atoms with Crippen LogP contribution in [0.1, 0.15) is 13.8 Å². The van der Waals surface area contributed by atoms with Gasteiger partial charge in [0.25, 0.3) is 5.79 Å². The maximum Gasteiger partial charge on any atom is 0.350 e. The quantitative estimate of drug-likeness (QED) is 0.531. The number of ether oxygens (including phenoxy) is 2. The summed E-state index contributed by atoms with van der Waals surface area (Å²) in [5.74, 6) is -2.67. The van der Waals surface area contributed by atoms with Gasteiger partial charge in [0.1, 0.15) is 0 Å². The van der Waals surface area contributed by atoms with Crippen LogP contribution in [-0.2, 0) is 19.1 Å². The van der Waals surface area contributed by atoms with Crippen molar-refractivity contribution in [3.8, 4) is 11.1 Å². The number of esters is 2. The topological polar surface area (TPSA) is 77.5 Å². The highest BCUT2D eigenvalue weighted by Crippen LogP contribution is 2.24. The van der Waals surface area contributed by atoms with E-state index < -0.39 is 17.7 Å². The van der Waals surface area contributed by atoms with Gasteiger partial charge in [-0.2, -0.15) is 0 Å². The van der Waals surface area contributed by atoms with Crippen molar-refractivity contribution in [2.75, 3.05) is 5.32 Å². The fourth-order valence-electron chi connectivity index (χ4n) is 2.27. The minimum atomic E-state index is -1.24. The molecule has 0 atom stereocenters. The monoisotopic (exact) mass is 324 g/mol. The second-order valence-electron chi connectivity index (χ2n) is 5.70. The molecule has 0 spiro atoms. The van der Waals surface area contributed by atoms with E-state index in [4.69, 9.17) is 9.47 Å². The highest BCUT2D eigenvalue weighted by atomic mass is 16.7. The summed E-state index contributed by atoms with van der Waals surface area (Å²) in [4.78, 5) is 27.8. The Kier molecular flexibility index (Phi) is 4.04. The zero-order chi connectivity index (χ0) is 17.2. The van der Waals surface area contributed by atoms with E-state index in [-0.39, 0.29) is 5.57 Å². The number of pyridine rings is 1. The number of rotatable bonds is 3. The lowest BCUT2D eigenvalue weighted by molar-refractivity contribution is -0.222. The fraction of sp³-hybridized carbons (Fsp3) is 0.167. The van der Waals surface area contributed by atoms with Crippen LogP contribution in [0.15, 0.2) is 60.6 Å². The van der Waals surface area contributed by atoms with Crippen LogP contribution in [0.2, 0.25) is 0 Å². The molecule has 0 aliphatic carbocycles. The Bertz CT molecular complexity index is 791. The smallest absolute Gasteiger partial charge is 0.350 e. The Morgan fingerprint density at radius 2 is 1.67 bits per heavy atom. The van der Waals surface area contributed by atoms with Gasteiger partial charge in [-0.05, 0) is 35.4 Å². The predicted octanol–water partition coefficient (Wildman–Crippen LogP) is 2.88. The second kappa shape index (κ2) is 6.16. The molecule has 1 aromatic carbocycles. The second-order valence-corrected chi connectivity index (χ2v) is 5.70. The van der Waals surface area contributed by atoms with Crippen molar-refractivity contribution in [2.24, 2.45) is 0 Å². The van der Waals surface area contributed by atoms with Gasteiger partial charge >= 0.3 is 11.9 Å². The summed E-state index contributed by atoms with van der Waals surface area (Å²) in [5.41, 5.74) is 2.54. The van der Waals surface area contributed by atoms with E-state index >= 15 is 0 Å². The lowest BCUT2D eigenvalue weighted by Crippen LogP contribution is -2.42. The summed E-state index contributed by atoms with van der Waals surface area (Å²) in [6, 6.07) is 11.3. The molecule has 0 radical (unpaired) electrons. The highest BCUT2D eigenvalue weighted by molar-refractivity contribution is 6.15. The van der Waals surface area contributed by atoms with Crippen molar-refractivity contribution in [2.45, 2.75) is 19.6 Å². The van der Waals surface area contributed by atoms with Gasteiger partial charge in [0.2, 0.25) is 0 Å². The van der Waals surface area contributed by atoms with Crippen LogP contribution in [0.3, 0.4) is 0 Å². The molecule has 0 saturated carbocycles. The Labute approximate surface area is 139 Å². The Balaban J connectivity index is 1.80. The Hall–Kier alpha value is -3.15. The van der Waals surface area contributed by atoms with Crippen LogP contribution in [0, 0.1) is 0 Å². The number of cyclic esters (lactones) is 2. The van der Waals surface area contributed by atoms with Crippen molar-refractivity contribution >= 4 is 17.6 Å². The van der Waals surface area contributed by atoms with E-state index in [2.05, 4.69) is 10.3 Å². The van der Waals surface area contributed by atoms with Crippen molar-refractivity contribution in [1.82, 2.24) is 4.98 Å². The van der Waals surface area contributed by atoms with Crippen LogP contribution >= 0.6 is 0 Å². The molecule has 1 aliphatic rings. The summed E-state index contributed by atoms with van der Waals surface area (Å²) >= 11 is 0. The molecule has 24 heavy (non-hydrogen) atoms. The highest BCUT2D eigenvalue weighted by Gasteiger charge is 2.38. The zero-order valence-corrected chi connectivity index (χ0v) is 13.3. The number of benzene rings is 1. The molecule has 0 bridgehead atoms. The van der Waals surface area contributed by atoms with E-state index in [0.29, 0.717) is 0 Å². The van der Waals surface area contributed by atoms with Crippen LogP contribution in [0.4, 0.5) is 5.69 Å². The largest absolute Gasteiger partial charge is 0.419 e. The number of aromatic nitrogens is 1. The predicted molar refractivity (Wildman–Crippen MR) is 87.6 cm³/mol. The van der Waals surface area contributed by atoms with Gasteiger partial charge in [0.15, 0.2) is 5.57 Å². The molecule has 0 amide bonds. The molecule has 6 nitrogen and oxygen atoms in total. The van der Waals surface area contributed by atoms with E-state index in [1.54, 1.807) is 12.4 Å². The van der Waals surface area contributed by atoms with Gasteiger partial charge in [-0.15, -0.1) is 0 Å². The summed E-state index contributed by atoms with van der Waals surface area (Å²) in [7, 11) is 0. The van der Waals surface area contributed by atoms with Gasteiger partial charge in [0, 0.05) is 38.1 Å². The molecule has 1 aromatic heterocycles. The normalized spacial score (nSPS) is 16.2. The van der Waals surface area contributed by atoms with E-state index in [9.17, 15) is 9.59 Å². The molecule has 1 saturated heterocycles. The van der Waals surface area contributed by atoms with Gasteiger partial charge in [-0.3, -0.25) is 4.98 Å². The summed E-state index contributed by atoms with van der Waals surface area (Å²) in [5, 5.41) is 2.93. The van der Waals surface area contributed by atoms with Gasteiger partial charge in [-0.1, -0.05) is 12.1 Å². The van der Waals surface area contributed by atoms with E-state index in [1.165, 1.54) is 20.0 Å². The molecule has 1 N–H and O–H groups in total. The van der Waals surface area contributed by atoms with Crippen LogP contribution in [0.25, 0.3) is 11.1 Å². The van der Waals surface area contributed by atoms with Crippen molar-refractivity contribution in [3.05, 3.63) is 60.6 Å². The van der Waals surface area contributed by atoms with Crippen molar-refractivity contribution in [3.63, 3.8) is 0 Å². The molecule has 1 fully saturated rings. The van der Waals surface area contributed by atoms with Crippen molar-refractivity contribution < 1.29 is 19.1 Å². The third-order valence-electron chi connectivity index (χ3n) is 3.38. The average Bonchev–Trinajstić information content (AvgIpc) is 2.54. The van der Waals surface area contributed by atoms with Crippen LogP contribution in [-0.4, -0.2) is 22.7 Å². The first-order chi connectivity index (χ1) is 11.4. The summed E-state index contributed by atoms with van der Waals surface area (Å²) < 4.78 is 10.1. The number of hydrogen-bond acceptors (Lipinski definition) is 6. The standard InChI is InChI=1S/C18H16N2O4/c1-18(2)23-16(21)15(17(22)24-18)11-20-14-5-3-4-13(10-14)12-6-8-19-9-7-12/h3-11,20H,1-2H3. The molecular formula is C18H16N2O4. The first-order valence-electron chi connectivity index (χ1n) is 7.38. The molecule has 6 heteroatoms. The first kappa shape index (κ1) is 15.7. The lowest BCUT2D eigenvalue weighted by Gasteiger charge is -2.29. The van der Waals surface area contributed by atoms with Gasteiger partial charge in [-0.25, -0.2) is 9.59 Å². The van der Waals surface area contributed by atoms with Gasteiger partial charge < -0.3 is 14.8 Å². The molecule has 122 valence electrons. The van der Waals surface area contributed by atoms with Crippen LogP contribution in [0.5, 0.6) is 0 Å². The minimum absolute atomic E-state index is 0.177.